The zero-order valence-corrected chi connectivity index (χ0v) is 14.2. The number of anilines is 1. The Balaban J connectivity index is 2.01. The molecule has 2 aromatic carbocycles. The molecule has 0 atom stereocenters. The van der Waals surface area contributed by atoms with Crippen LogP contribution in [-0.2, 0) is 16.0 Å². The van der Waals surface area contributed by atoms with Crippen molar-refractivity contribution in [3.63, 3.8) is 0 Å². The van der Waals surface area contributed by atoms with Crippen LogP contribution in [0.25, 0.3) is 6.08 Å². The minimum absolute atomic E-state index is 0.00149. The Morgan fingerprint density at radius 2 is 1.73 bits per heavy atom. The lowest BCUT2D eigenvalue weighted by Crippen LogP contribution is -2.16. The summed E-state index contributed by atoms with van der Waals surface area (Å²) >= 11 is -0.199. The Morgan fingerprint density at radius 3 is 2.35 bits per heavy atom. The van der Waals surface area contributed by atoms with Gasteiger partial charge < -0.3 is 11.1 Å². The lowest BCUT2D eigenvalue weighted by atomic mass is 10.1. The van der Waals surface area contributed by atoms with Crippen molar-refractivity contribution in [2.24, 2.45) is 5.73 Å². The Kier molecular flexibility index (Phi) is 6.46. The van der Waals surface area contributed by atoms with Crippen LogP contribution in [0.5, 0.6) is 0 Å². The molecule has 3 N–H and O–H groups in total. The van der Waals surface area contributed by atoms with Crippen LogP contribution in [0.3, 0.4) is 0 Å². The number of alkyl halides is 3. The van der Waals surface area contributed by atoms with Crippen molar-refractivity contribution < 1.29 is 22.8 Å². The summed E-state index contributed by atoms with van der Waals surface area (Å²) in [5.74, 6) is -0.949. The Bertz CT molecular complexity index is 818. The van der Waals surface area contributed by atoms with E-state index in [-0.39, 0.29) is 23.1 Å². The maximum atomic E-state index is 12.3. The molecule has 0 radical (unpaired) electrons. The molecular weight excluding hydrogens is 365 g/mol. The van der Waals surface area contributed by atoms with Crippen molar-refractivity contribution >= 4 is 35.3 Å². The molecule has 136 valence electrons. The number of benzene rings is 2. The molecule has 4 nitrogen and oxygen atoms in total. The van der Waals surface area contributed by atoms with Gasteiger partial charge in [0.1, 0.15) is 0 Å². The predicted octanol–water partition coefficient (Wildman–Crippen LogP) is 3.98. The average Bonchev–Trinajstić information content (AvgIpc) is 2.54. The van der Waals surface area contributed by atoms with E-state index in [2.05, 4.69) is 5.32 Å². The van der Waals surface area contributed by atoms with Gasteiger partial charge in [-0.1, -0.05) is 30.3 Å². The average molecular weight is 380 g/mol. The standard InChI is InChI=1S/C18H15F3N2O2S/c19-18(20,21)26-14-8-5-12(6-9-14)7-10-17(25)23-15-4-2-1-3-13(15)11-16(22)24/h1-10H,11H2,(H2,22,24)(H,23,25)/b10-7+. The first-order valence-electron chi connectivity index (χ1n) is 7.44. The fraction of sp³-hybridized carbons (Fsp3) is 0.111. The van der Waals surface area contributed by atoms with Gasteiger partial charge in [0, 0.05) is 16.7 Å². The third kappa shape index (κ3) is 6.64. The van der Waals surface area contributed by atoms with E-state index < -0.39 is 17.3 Å². The number of carbonyl (C=O) groups is 2. The van der Waals surface area contributed by atoms with Gasteiger partial charge in [-0.05, 0) is 47.2 Å². The number of hydrogen-bond donors (Lipinski definition) is 2. The number of hydrogen-bond acceptors (Lipinski definition) is 3. The highest BCUT2D eigenvalue weighted by Crippen LogP contribution is 2.36. The summed E-state index contributed by atoms with van der Waals surface area (Å²) in [6.45, 7) is 0. The van der Waals surface area contributed by atoms with Crippen molar-refractivity contribution in [2.45, 2.75) is 16.8 Å². The van der Waals surface area contributed by atoms with E-state index in [4.69, 9.17) is 5.73 Å². The number of carbonyl (C=O) groups excluding carboxylic acids is 2. The second-order valence-electron chi connectivity index (χ2n) is 5.24. The number of rotatable bonds is 6. The van der Waals surface area contributed by atoms with Crippen LogP contribution < -0.4 is 11.1 Å². The zero-order valence-electron chi connectivity index (χ0n) is 13.4. The molecule has 0 bridgehead atoms. The topological polar surface area (TPSA) is 72.2 Å². The molecule has 0 saturated heterocycles. The lowest BCUT2D eigenvalue weighted by molar-refractivity contribution is -0.117. The Labute approximate surface area is 152 Å². The molecule has 2 aromatic rings. The van der Waals surface area contributed by atoms with Crippen molar-refractivity contribution in [3.05, 3.63) is 65.7 Å². The molecule has 0 fully saturated rings. The molecule has 2 amide bonds. The zero-order chi connectivity index (χ0) is 19.2. The molecule has 0 unspecified atom stereocenters. The van der Waals surface area contributed by atoms with Gasteiger partial charge in [-0.3, -0.25) is 9.59 Å². The molecule has 0 aliphatic heterocycles. The molecular formula is C18H15F3N2O2S. The predicted molar refractivity (Wildman–Crippen MR) is 95.4 cm³/mol. The first-order chi connectivity index (χ1) is 12.2. The molecule has 0 aliphatic rings. The van der Waals surface area contributed by atoms with E-state index in [1.165, 1.54) is 36.4 Å². The first kappa shape index (κ1) is 19.6. The van der Waals surface area contributed by atoms with E-state index in [1.54, 1.807) is 24.3 Å². The molecule has 0 heterocycles. The summed E-state index contributed by atoms with van der Waals surface area (Å²) in [6, 6.07) is 12.4. The Hall–Kier alpha value is -2.74. The van der Waals surface area contributed by atoms with Gasteiger partial charge in [0.2, 0.25) is 11.8 Å². The minimum atomic E-state index is -4.34. The Morgan fingerprint density at radius 1 is 1.08 bits per heavy atom. The van der Waals surface area contributed by atoms with E-state index >= 15 is 0 Å². The van der Waals surface area contributed by atoms with Crippen LogP contribution in [0.1, 0.15) is 11.1 Å². The SMILES string of the molecule is NC(=O)Cc1ccccc1NC(=O)/C=C/c1ccc(SC(F)(F)F)cc1. The van der Waals surface area contributed by atoms with E-state index in [0.717, 1.165) is 0 Å². The monoisotopic (exact) mass is 380 g/mol. The maximum Gasteiger partial charge on any atom is 0.446 e. The van der Waals surface area contributed by atoms with Crippen LogP contribution in [0.4, 0.5) is 18.9 Å². The fourth-order valence-corrected chi connectivity index (χ4v) is 2.65. The normalized spacial score (nSPS) is 11.5. The van der Waals surface area contributed by atoms with E-state index in [0.29, 0.717) is 16.8 Å². The highest BCUT2D eigenvalue weighted by molar-refractivity contribution is 8.00. The third-order valence-corrected chi connectivity index (χ3v) is 3.92. The summed E-state index contributed by atoms with van der Waals surface area (Å²) in [5.41, 5.74) is 2.48. The summed E-state index contributed by atoms with van der Waals surface area (Å²) in [5, 5.41) is 2.64. The number of primary amides is 1. The molecule has 0 saturated carbocycles. The number of nitrogens with two attached hydrogens (primary N) is 1. The van der Waals surface area contributed by atoms with E-state index in [9.17, 15) is 22.8 Å². The maximum absolute atomic E-state index is 12.3. The van der Waals surface area contributed by atoms with Gasteiger partial charge >= 0.3 is 5.51 Å². The third-order valence-electron chi connectivity index (χ3n) is 3.18. The van der Waals surface area contributed by atoms with Gasteiger partial charge in [-0.15, -0.1) is 0 Å². The summed E-state index contributed by atoms with van der Waals surface area (Å²) < 4.78 is 36.8. The summed E-state index contributed by atoms with van der Waals surface area (Å²) in [4.78, 5) is 23.1. The molecule has 0 spiro atoms. The van der Waals surface area contributed by atoms with Gasteiger partial charge in [-0.25, -0.2) is 0 Å². The number of halogens is 3. The van der Waals surface area contributed by atoms with Crippen molar-refractivity contribution in [1.82, 2.24) is 0 Å². The van der Waals surface area contributed by atoms with Gasteiger partial charge in [0.15, 0.2) is 0 Å². The molecule has 26 heavy (non-hydrogen) atoms. The van der Waals surface area contributed by atoms with Crippen LogP contribution in [0, 0.1) is 0 Å². The highest BCUT2D eigenvalue weighted by atomic mass is 32.2. The van der Waals surface area contributed by atoms with Gasteiger partial charge in [0.25, 0.3) is 0 Å². The largest absolute Gasteiger partial charge is 0.446 e. The number of thioether (sulfide) groups is 1. The second kappa shape index (κ2) is 8.57. The first-order valence-corrected chi connectivity index (χ1v) is 8.26. The lowest BCUT2D eigenvalue weighted by Gasteiger charge is -2.08. The summed E-state index contributed by atoms with van der Waals surface area (Å²) in [6.07, 6.45) is 2.74. The number of para-hydroxylation sites is 1. The molecule has 0 aliphatic carbocycles. The fourth-order valence-electron chi connectivity index (χ4n) is 2.11. The van der Waals surface area contributed by atoms with Crippen LogP contribution in [-0.4, -0.2) is 17.3 Å². The smallest absolute Gasteiger partial charge is 0.369 e. The van der Waals surface area contributed by atoms with Crippen molar-refractivity contribution in [1.29, 1.82) is 0 Å². The number of nitrogens with one attached hydrogen (secondary N) is 1. The van der Waals surface area contributed by atoms with Crippen LogP contribution in [0.15, 0.2) is 59.5 Å². The number of amides is 2. The molecule has 2 rings (SSSR count). The second-order valence-corrected chi connectivity index (χ2v) is 6.38. The highest BCUT2D eigenvalue weighted by Gasteiger charge is 2.28. The quantitative estimate of drug-likeness (QED) is 0.588. The summed E-state index contributed by atoms with van der Waals surface area (Å²) in [7, 11) is 0. The van der Waals surface area contributed by atoms with Crippen LogP contribution in [0.2, 0.25) is 0 Å². The van der Waals surface area contributed by atoms with Crippen LogP contribution >= 0.6 is 11.8 Å². The van der Waals surface area contributed by atoms with E-state index in [1.807, 2.05) is 0 Å². The van der Waals surface area contributed by atoms with Crippen molar-refractivity contribution in [2.75, 3.05) is 5.32 Å². The van der Waals surface area contributed by atoms with Gasteiger partial charge in [-0.2, -0.15) is 13.2 Å². The van der Waals surface area contributed by atoms with Gasteiger partial charge in [0.05, 0.1) is 6.42 Å². The molecule has 8 heteroatoms. The molecule has 0 aromatic heterocycles. The van der Waals surface area contributed by atoms with Crippen molar-refractivity contribution in [3.8, 4) is 0 Å². The minimum Gasteiger partial charge on any atom is -0.369 e.